The van der Waals surface area contributed by atoms with Crippen molar-refractivity contribution in [3.8, 4) is 5.75 Å². The molecule has 0 aliphatic heterocycles. The van der Waals surface area contributed by atoms with Gasteiger partial charge in [0.15, 0.2) is 0 Å². The molecule has 172 valence electrons. The molecule has 0 aromatic heterocycles. The van der Waals surface area contributed by atoms with Crippen molar-refractivity contribution in [3.05, 3.63) is 83.9 Å². The zero-order valence-corrected chi connectivity index (χ0v) is 19.2. The zero-order chi connectivity index (χ0) is 23.5. The fraction of sp³-hybridized carbons (Fsp3) is 0.259. The summed E-state index contributed by atoms with van der Waals surface area (Å²) >= 11 is 0. The Bertz CT molecular complexity index is 1070. The molecule has 0 unspecified atom stereocenters. The lowest BCUT2D eigenvalue weighted by molar-refractivity contribution is -0.116. The van der Waals surface area contributed by atoms with Crippen LogP contribution in [0.15, 0.2) is 72.8 Å². The SMILES string of the molecule is CCC(=O)Nc1cc(NC(=O)CNc2cccc(OCCCc3ccccc3)c2)ccc1C. The number of ether oxygens (including phenoxy) is 1. The smallest absolute Gasteiger partial charge is 0.243 e. The van der Waals surface area contributed by atoms with Crippen LogP contribution in [0.4, 0.5) is 17.1 Å². The number of aryl methyl sites for hydroxylation is 2. The molecule has 2 amide bonds. The Hall–Kier alpha value is -3.80. The second-order valence-electron chi connectivity index (χ2n) is 7.80. The third-order valence-corrected chi connectivity index (χ3v) is 5.12. The number of anilines is 3. The molecular formula is C27H31N3O3. The average molecular weight is 446 g/mol. The summed E-state index contributed by atoms with van der Waals surface area (Å²) in [6, 6.07) is 23.4. The molecule has 0 saturated heterocycles. The summed E-state index contributed by atoms with van der Waals surface area (Å²) in [7, 11) is 0. The highest BCUT2D eigenvalue weighted by atomic mass is 16.5. The van der Waals surface area contributed by atoms with Gasteiger partial charge in [0.05, 0.1) is 13.2 Å². The average Bonchev–Trinajstić information content (AvgIpc) is 2.83. The van der Waals surface area contributed by atoms with Gasteiger partial charge in [-0.05, 0) is 55.2 Å². The summed E-state index contributed by atoms with van der Waals surface area (Å²) in [4.78, 5) is 24.1. The lowest BCUT2D eigenvalue weighted by atomic mass is 10.1. The van der Waals surface area contributed by atoms with Crippen molar-refractivity contribution >= 4 is 28.9 Å². The summed E-state index contributed by atoms with van der Waals surface area (Å²) < 4.78 is 5.86. The predicted molar refractivity (Wildman–Crippen MR) is 134 cm³/mol. The summed E-state index contributed by atoms with van der Waals surface area (Å²) in [5.41, 5.74) is 4.38. The Balaban J connectivity index is 1.45. The van der Waals surface area contributed by atoms with E-state index >= 15 is 0 Å². The van der Waals surface area contributed by atoms with Crippen molar-refractivity contribution in [1.82, 2.24) is 0 Å². The van der Waals surface area contributed by atoms with Crippen LogP contribution in [0.25, 0.3) is 0 Å². The number of carbonyl (C=O) groups is 2. The van der Waals surface area contributed by atoms with Crippen molar-refractivity contribution in [2.24, 2.45) is 0 Å². The standard InChI is InChI=1S/C27H31N3O3/c1-3-26(31)30-25-18-23(15-14-20(25)2)29-27(32)19-28-22-12-7-13-24(17-22)33-16-8-11-21-9-5-4-6-10-21/h4-7,9-10,12-15,17-18,28H,3,8,11,16,19H2,1-2H3,(H,29,32)(H,30,31). The van der Waals surface area contributed by atoms with E-state index in [1.165, 1.54) is 5.56 Å². The summed E-state index contributed by atoms with van der Waals surface area (Å²) in [5.74, 6) is 0.523. The molecule has 6 heteroatoms. The number of nitrogens with one attached hydrogen (secondary N) is 3. The zero-order valence-electron chi connectivity index (χ0n) is 19.2. The molecule has 0 heterocycles. The molecule has 3 rings (SSSR count). The molecule has 0 aliphatic carbocycles. The van der Waals surface area contributed by atoms with Crippen molar-refractivity contribution in [2.45, 2.75) is 33.1 Å². The molecule has 0 aliphatic rings. The van der Waals surface area contributed by atoms with Gasteiger partial charge < -0.3 is 20.7 Å². The molecule has 0 fully saturated rings. The number of hydrogen-bond donors (Lipinski definition) is 3. The number of hydrogen-bond acceptors (Lipinski definition) is 4. The first-order valence-corrected chi connectivity index (χ1v) is 11.2. The molecule has 0 atom stereocenters. The summed E-state index contributed by atoms with van der Waals surface area (Å²) in [6.07, 6.45) is 2.30. The Labute approximate surface area is 195 Å². The third kappa shape index (κ3) is 8.00. The fourth-order valence-corrected chi connectivity index (χ4v) is 3.27. The molecule has 0 spiro atoms. The molecule has 0 saturated carbocycles. The molecule has 3 aromatic rings. The van der Waals surface area contributed by atoms with E-state index in [0.29, 0.717) is 24.4 Å². The second-order valence-corrected chi connectivity index (χ2v) is 7.80. The van der Waals surface area contributed by atoms with Gasteiger partial charge in [-0.3, -0.25) is 9.59 Å². The molecule has 0 radical (unpaired) electrons. The van der Waals surface area contributed by atoms with Gasteiger partial charge in [0.25, 0.3) is 0 Å². The van der Waals surface area contributed by atoms with Gasteiger partial charge >= 0.3 is 0 Å². The van der Waals surface area contributed by atoms with Gasteiger partial charge in [0.1, 0.15) is 5.75 Å². The maximum absolute atomic E-state index is 12.4. The molecule has 33 heavy (non-hydrogen) atoms. The fourth-order valence-electron chi connectivity index (χ4n) is 3.27. The van der Waals surface area contributed by atoms with Crippen LogP contribution in [0.5, 0.6) is 5.75 Å². The predicted octanol–water partition coefficient (Wildman–Crippen LogP) is 5.41. The minimum absolute atomic E-state index is 0.0644. The highest BCUT2D eigenvalue weighted by molar-refractivity contribution is 5.96. The van der Waals surface area contributed by atoms with E-state index in [1.807, 2.05) is 61.5 Å². The maximum Gasteiger partial charge on any atom is 0.243 e. The van der Waals surface area contributed by atoms with Gasteiger partial charge in [-0.15, -0.1) is 0 Å². The van der Waals surface area contributed by atoms with Crippen LogP contribution in [0, 0.1) is 6.92 Å². The minimum atomic E-state index is -0.180. The Morgan fingerprint density at radius 2 is 1.67 bits per heavy atom. The topological polar surface area (TPSA) is 79.5 Å². The lowest BCUT2D eigenvalue weighted by Crippen LogP contribution is -2.22. The molecule has 3 N–H and O–H groups in total. The number of benzene rings is 3. The van der Waals surface area contributed by atoms with Gasteiger partial charge in [0, 0.05) is 29.5 Å². The Kier molecular flexibility index (Phi) is 8.88. The van der Waals surface area contributed by atoms with Crippen LogP contribution in [0.3, 0.4) is 0 Å². The Morgan fingerprint density at radius 3 is 2.45 bits per heavy atom. The second kappa shape index (κ2) is 12.3. The van der Waals surface area contributed by atoms with Crippen LogP contribution in [0.1, 0.15) is 30.9 Å². The first-order chi connectivity index (χ1) is 16.0. The van der Waals surface area contributed by atoms with E-state index in [0.717, 1.165) is 29.8 Å². The van der Waals surface area contributed by atoms with Gasteiger partial charge in [0.2, 0.25) is 11.8 Å². The normalized spacial score (nSPS) is 10.4. The number of rotatable bonds is 11. The van der Waals surface area contributed by atoms with Gasteiger partial charge in [-0.1, -0.05) is 49.4 Å². The van der Waals surface area contributed by atoms with Crippen molar-refractivity contribution in [3.63, 3.8) is 0 Å². The first-order valence-electron chi connectivity index (χ1n) is 11.2. The Morgan fingerprint density at radius 1 is 0.848 bits per heavy atom. The minimum Gasteiger partial charge on any atom is -0.494 e. The quantitative estimate of drug-likeness (QED) is 0.345. The summed E-state index contributed by atoms with van der Waals surface area (Å²) in [6.45, 7) is 4.45. The first kappa shape index (κ1) is 23.9. The van der Waals surface area contributed by atoms with Crippen LogP contribution >= 0.6 is 0 Å². The number of carbonyl (C=O) groups excluding carboxylic acids is 2. The van der Waals surface area contributed by atoms with Crippen molar-refractivity contribution in [2.75, 3.05) is 29.1 Å². The van der Waals surface area contributed by atoms with E-state index in [1.54, 1.807) is 13.0 Å². The largest absolute Gasteiger partial charge is 0.494 e. The van der Waals surface area contributed by atoms with E-state index < -0.39 is 0 Å². The highest BCUT2D eigenvalue weighted by Crippen LogP contribution is 2.21. The highest BCUT2D eigenvalue weighted by Gasteiger charge is 2.07. The molecular weight excluding hydrogens is 414 g/mol. The van der Waals surface area contributed by atoms with Gasteiger partial charge in [-0.2, -0.15) is 0 Å². The van der Waals surface area contributed by atoms with Crippen LogP contribution in [0.2, 0.25) is 0 Å². The van der Waals surface area contributed by atoms with E-state index in [9.17, 15) is 9.59 Å². The number of amides is 2. The molecule has 6 nitrogen and oxygen atoms in total. The lowest BCUT2D eigenvalue weighted by Gasteiger charge is -2.12. The maximum atomic E-state index is 12.4. The molecule has 3 aromatic carbocycles. The van der Waals surface area contributed by atoms with E-state index in [2.05, 4.69) is 28.1 Å². The van der Waals surface area contributed by atoms with Crippen LogP contribution in [-0.2, 0) is 16.0 Å². The van der Waals surface area contributed by atoms with E-state index in [4.69, 9.17) is 4.74 Å². The molecule has 0 bridgehead atoms. The van der Waals surface area contributed by atoms with Crippen molar-refractivity contribution < 1.29 is 14.3 Å². The van der Waals surface area contributed by atoms with Gasteiger partial charge in [-0.25, -0.2) is 0 Å². The third-order valence-electron chi connectivity index (χ3n) is 5.12. The van der Waals surface area contributed by atoms with Crippen molar-refractivity contribution in [1.29, 1.82) is 0 Å². The van der Waals surface area contributed by atoms with Crippen LogP contribution < -0.4 is 20.7 Å². The monoisotopic (exact) mass is 445 g/mol. The summed E-state index contributed by atoms with van der Waals surface area (Å²) in [5, 5.41) is 8.83. The van der Waals surface area contributed by atoms with Crippen LogP contribution in [-0.4, -0.2) is 25.0 Å². The van der Waals surface area contributed by atoms with E-state index in [-0.39, 0.29) is 18.4 Å².